The third-order valence-electron chi connectivity index (χ3n) is 12.8. The molecule has 286 valence electrons. The summed E-state index contributed by atoms with van der Waals surface area (Å²) in [5.41, 5.74) is 17.0. The van der Waals surface area contributed by atoms with E-state index in [0.29, 0.717) is 0 Å². The van der Waals surface area contributed by atoms with Crippen molar-refractivity contribution in [1.29, 1.82) is 0 Å². The molecule has 0 aliphatic heterocycles. The van der Waals surface area contributed by atoms with Gasteiger partial charge in [-0.2, -0.15) is 0 Å². The molecule has 0 fully saturated rings. The van der Waals surface area contributed by atoms with E-state index in [1.165, 1.54) is 53.9 Å². The highest BCUT2D eigenvalue weighted by Gasteiger charge is 2.53. The van der Waals surface area contributed by atoms with Gasteiger partial charge in [-0.25, -0.2) is 0 Å². The van der Waals surface area contributed by atoms with Gasteiger partial charge in [0.1, 0.15) is 5.58 Å². The fourth-order valence-electron chi connectivity index (χ4n) is 10.4. The average Bonchev–Trinajstić information content (AvgIpc) is 4.06. The van der Waals surface area contributed by atoms with E-state index in [4.69, 9.17) is 4.42 Å². The van der Waals surface area contributed by atoms with Gasteiger partial charge in [-0.05, 0) is 123 Å². The lowest BCUT2D eigenvalue weighted by molar-refractivity contribution is 0.669. The summed E-state index contributed by atoms with van der Waals surface area (Å²) in [4.78, 5) is 6.08. The van der Waals surface area contributed by atoms with Gasteiger partial charge in [0.2, 0.25) is 0 Å². The van der Waals surface area contributed by atoms with E-state index in [-0.39, 0.29) is 0 Å². The zero-order valence-electron chi connectivity index (χ0n) is 33.0. The number of nitrogens with zero attached hydrogens (tertiary/aromatic N) is 2. The second-order valence-corrected chi connectivity index (χ2v) is 17.0. The lowest BCUT2D eigenvalue weighted by Gasteiger charge is -2.32. The summed E-state index contributed by atoms with van der Waals surface area (Å²) in [7, 11) is 0. The van der Waals surface area contributed by atoms with E-state index < -0.39 is 5.41 Å². The van der Waals surface area contributed by atoms with Gasteiger partial charge >= 0.3 is 0 Å². The molecule has 0 radical (unpaired) electrons. The van der Waals surface area contributed by atoms with Crippen molar-refractivity contribution in [3.8, 4) is 21.6 Å². The number of furan rings is 1. The normalized spacial score (nSPS) is 14.6. The van der Waals surface area contributed by atoms with Crippen LogP contribution in [-0.2, 0) is 5.41 Å². The van der Waals surface area contributed by atoms with E-state index in [0.717, 1.165) is 56.1 Å². The second-order valence-electron chi connectivity index (χ2n) is 16.0. The molecule has 1 spiro atoms. The van der Waals surface area contributed by atoms with Crippen molar-refractivity contribution in [2.75, 3.05) is 9.80 Å². The molecule has 4 heteroatoms. The summed E-state index contributed by atoms with van der Waals surface area (Å²) in [6.07, 6.45) is 0. The Morgan fingerprint density at radius 3 is 1.66 bits per heavy atom. The molecular formula is C57H36N2OS. The molecule has 2 aromatic heterocycles. The first kappa shape index (κ1) is 34.2. The van der Waals surface area contributed by atoms with Gasteiger partial charge in [-0.3, -0.25) is 0 Å². The van der Waals surface area contributed by atoms with Crippen LogP contribution < -0.4 is 9.80 Å². The summed E-state index contributed by atoms with van der Waals surface area (Å²) in [6, 6.07) is 79.4. The number of rotatable bonds is 6. The molecule has 0 saturated heterocycles. The van der Waals surface area contributed by atoms with Crippen LogP contribution in [0.4, 0.5) is 34.1 Å². The van der Waals surface area contributed by atoms with Crippen molar-refractivity contribution in [3.63, 3.8) is 0 Å². The molecule has 9 aromatic carbocycles. The average molecular weight is 797 g/mol. The number of anilines is 6. The number of hydrogen-bond donors (Lipinski definition) is 0. The first-order chi connectivity index (χ1) is 30.3. The quantitative estimate of drug-likeness (QED) is 0.167. The van der Waals surface area contributed by atoms with Crippen molar-refractivity contribution in [2.24, 2.45) is 0 Å². The molecule has 3 nitrogen and oxygen atoms in total. The Kier molecular flexibility index (Phi) is 7.39. The molecule has 1 atom stereocenters. The Hall–Kier alpha value is -7.66. The molecule has 0 N–H and O–H groups in total. The van der Waals surface area contributed by atoms with Crippen molar-refractivity contribution in [1.82, 2.24) is 0 Å². The minimum Gasteiger partial charge on any atom is -0.454 e. The van der Waals surface area contributed by atoms with Crippen molar-refractivity contribution >= 4 is 77.5 Å². The summed E-state index contributed by atoms with van der Waals surface area (Å²) >= 11 is 1.92. The highest BCUT2D eigenvalue weighted by Crippen LogP contribution is 2.67. The molecule has 61 heavy (non-hydrogen) atoms. The van der Waals surface area contributed by atoms with Gasteiger partial charge in [0.25, 0.3) is 0 Å². The van der Waals surface area contributed by atoms with E-state index in [1.54, 1.807) is 0 Å². The third kappa shape index (κ3) is 4.85. The van der Waals surface area contributed by atoms with Gasteiger partial charge in [0, 0.05) is 48.8 Å². The van der Waals surface area contributed by atoms with Gasteiger partial charge in [0.05, 0.1) is 11.1 Å². The fourth-order valence-corrected chi connectivity index (χ4v) is 11.7. The smallest absolute Gasteiger partial charge is 0.159 e. The SMILES string of the molecule is c1ccc(N(c2ccccc2)c2ccc3c(c2)-c2sc4ccccc4c2C32c3ccccc3-c3cc(N(c4ccccc4)c4cccc5c4oc4ccccc45)ccc32)cc1. The van der Waals surface area contributed by atoms with E-state index in [1.807, 2.05) is 17.4 Å². The highest BCUT2D eigenvalue weighted by molar-refractivity contribution is 7.22. The van der Waals surface area contributed by atoms with Crippen molar-refractivity contribution in [3.05, 3.63) is 241 Å². The molecule has 2 heterocycles. The van der Waals surface area contributed by atoms with Crippen LogP contribution in [-0.4, -0.2) is 0 Å². The molecule has 0 saturated carbocycles. The predicted octanol–water partition coefficient (Wildman–Crippen LogP) is 16.1. The van der Waals surface area contributed by atoms with Crippen LogP contribution in [0.15, 0.2) is 223 Å². The zero-order chi connectivity index (χ0) is 40.1. The molecule has 13 rings (SSSR count). The van der Waals surface area contributed by atoms with Crippen LogP contribution in [0.3, 0.4) is 0 Å². The summed E-state index contributed by atoms with van der Waals surface area (Å²) in [6.45, 7) is 0. The van der Waals surface area contributed by atoms with Crippen LogP contribution >= 0.6 is 11.3 Å². The molecule has 0 bridgehead atoms. The van der Waals surface area contributed by atoms with Gasteiger partial charge < -0.3 is 14.2 Å². The largest absolute Gasteiger partial charge is 0.454 e. The zero-order valence-corrected chi connectivity index (χ0v) is 33.8. The Labute approximate surface area is 357 Å². The number of para-hydroxylation sites is 5. The van der Waals surface area contributed by atoms with Crippen LogP contribution in [0.25, 0.3) is 53.6 Å². The molecule has 2 aliphatic carbocycles. The van der Waals surface area contributed by atoms with Crippen LogP contribution in [0, 0.1) is 0 Å². The topological polar surface area (TPSA) is 19.6 Å². The Bertz CT molecular complexity index is 3460. The molecular weight excluding hydrogens is 761 g/mol. The Balaban J connectivity index is 1.06. The maximum absolute atomic E-state index is 6.68. The summed E-state index contributed by atoms with van der Waals surface area (Å²) in [5, 5.41) is 3.54. The molecule has 1 unspecified atom stereocenters. The Morgan fingerprint density at radius 1 is 0.377 bits per heavy atom. The van der Waals surface area contributed by atoms with Crippen LogP contribution in [0.2, 0.25) is 0 Å². The number of thiophene rings is 1. The number of hydrogen-bond acceptors (Lipinski definition) is 4. The number of benzene rings is 9. The maximum atomic E-state index is 6.68. The van der Waals surface area contributed by atoms with Crippen molar-refractivity contribution < 1.29 is 4.42 Å². The van der Waals surface area contributed by atoms with E-state index in [2.05, 4.69) is 222 Å². The van der Waals surface area contributed by atoms with Gasteiger partial charge in [-0.15, -0.1) is 11.3 Å². The minimum atomic E-state index is -0.506. The molecule has 2 aliphatic rings. The van der Waals surface area contributed by atoms with Gasteiger partial charge in [-0.1, -0.05) is 140 Å². The summed E-state index contributed by atoms with van der Waals surface area (Å²) in [5.74, 6) is 0. The molecule has 11 aromatic rings. The highest BCUT2D eigenvalue weighted by atomic mass is 32.1. The lowest BCUT2D eigenvalue weighted by atomic mass is 9.70. The molecule has 0 amide bonds. The van der Waals surface area contributed by atoms with Crippen molar-refractivity contribution in [2.45, 2.75) is 5.41 Å². The monoisotopic (exact) mass is 796 g/mol. The second kappa shape index (κ2) is 13.2. The third-order valence-corrected chi connectivity index (χ3v) is 14.0. The first-order valence-electron chi connectivity index (χ1n) is 20.8. The lowest BCUT2D eigenvalue weighted by Crippen LogP contribution is -2.26. The fraction of sp³-hybridized carbons (Fsp3) is 0.0175. The minimum absolute atomic E-state index is 0.506. The van der Waals surface area contributed by atoms with Gasteiger partial charge in [0.15, 0.2) is 5.58 Å². The van der Waals surface area contributed by atoms with E-state index >= 15 is 0 Å². The maximum Gasteiger partial charge on any atom is 0.159 e. The predicted molar refractivity (Wildman–Crippen MR) is 255 cm³/mol. The van der Waals surface area contributed by atoms with Crippen LogP contribution in [0.1, 0.15) is 22.3 Å². The van der Waals surface area contributed by atoms with E-state index in [9.17, 15) is 0 Å². The number of fused-ring (bicyclic) bond motifs is 15. The summed E-state index contributed by atoms with van der Waals surface area (Å²) < 4.78 is 7.99. The first-order valence-corrected chi connectivity index (χ1v) is 21.7. The Morgan fingerprint density at radius 2 is 0.918 bits per heavy atom. The van der Waals surface area contributed by atoms with Crippen LogP contribution in [0.5, 0.6) is 0 Å². The standard InChI is InChI=1S/C57H36N2OS/c1-4-17-37(18-5-1)58(38-19-6-2-7-20-38)40-31-34-50-47(36-40)56-54(45-25-12-15-30-53(45)61-56)57(50)48-27-13-10-23-42(48)46-35-41(32-33-49(46)57)59(39-21-8-3-9-22-39)51-28-16-26-44-43-24-11-14-29-52(43)60-55(44)51/h1-36H.